The SMILES string of the molecule is C=C1C(Br)C(C(C)C)CCC1(C)C1CC1. The van der Waals surface area contributed by atoms with E-state index in [0.29, 0.717) is 10.2 Å². The van der Waals surface area contributed by atoms with Gasteiger partial charge in [0, 0.05) is 4.83 Å². The molecule has 0 heterocycles. The van der Waals surface area contributed by atoms with E-state index in [9.17, 15) is 0 Å². The zero-order chi connectivity index (χ0) is 11.2. The molecule has 0 amide bonds. The second-order valence-electron chi connectivity index (χ2n) is 6.07. The molecule has 3 atom stereocenters. The van der Waals surface area contributed by atoms with E-state index in [1.807, 2.05) is 0 Å². The van der Waals surface area contributed by atoms with Crippen LogP contribution in [-0.2, 0) is 0 Å². The summed E-state index contributed by atoms with van der Waals surface area (Å²) in [5, 5.41) is 0. The van der Waals surface area contributed by atoms with Crippen molar-refractivity contribution < 1.29 is 0 Å². The largest absolute Gasteiger partial charge is 0.0982 e. The van der Waals surface area contributed by atoms with Gasteiger partial charge >= 0.3 is 0 Å². The van der Waals surface area contributed by atoms with E-state index >= 15 is 0 Å². The minimum Gasteiger partial charge on any atom is -0.0982 e. The van der Waals surface area contributed by atoms with E-state index in [-0.39, 0.29) is 0 Å². The normalized spacial score (nSPS) is 42.3. The molecule has 1 heteroatoms. The van der Waals surface area contributed by atoms with E-state index in [1.165, 1.54) is 31.3 Å². The highest BCUT2D eigenvalue weighted by atomic mass is 79.9. The summed E-state index contributed by atoms with van der Waals surface area (Å²) in [5.41, 5.74) is 1.93. The number of alkyl halides is 1. The van der Waals surface area contributed by atoms with Crippen LogP contribution in [0.5, 0.6) is 0 Å². The topological polar surface area (TPSA) is 0 Å². The maximum absolute atomic E-state index is 4.40. The van der Waals surface area contributed by atoms with Gasteiger partial charge in [-0.1, -0.05) is 48.9 Å². The Morgan fingerprint density at radius 3 is 2.40 bits per heavy atom. The van der Waals surface area contributed by atoms with E-state index in [2.05, 4.69) is 43.3 Å². The standard InChI is InChI=1S/C14H23Br/c1-9(2)12-7-8-14(4,11-5-6-11)10(3)13(12)15/h9,11-13H,3,5-8H2,1-2,4H3. The predicted molar refractivity (Wildman–Crippen MR) is 70.2 cm³/mol. The van der Waals surface area contributed by atoms with Crippen molar-refractivity contribution in [2.24, 2.45) is 23.2 Å². The molecule has 2 fully saturated rings. The van der Waals surface area contributed by atoms with Gasteiger partial charge in [-0.15, -0.1) is 0 Å². The van der Waals surface area contributed by atoms with Crippen molar-refractivity contribution in [2.75, 3.05) is 0 Å². The molecule has 86 valence electrons. The fourth-order valence-corrected chi connectivity index (χ4v) is 4.60. The van der Waals surface area contributed by atoms with E-state index in [4.69, 9.17) is 0 Å². The summed E-state index contributed by atoms with van der Waals surface area (Å²) < 4.78 is 0. The maximum atomic E-state index is 4.40. The average Bonchev–Trinajstić information content (AvgIpc) is 2.97. The van der Waals surface area contributed by atoms with Crippen LogP contribution < -0.4 is 0 Å². The predicted octanol–water partition coefficient (Wildman–Crippen LogP) is 4.79. The molecule has 3 unspecified atom stereocenters. The second-order valence-corrected chi connectivity index (χ2v) is 7.05. The summed E-state index contributed by atoms with van der Waals surface area (Å²) in [6, 6.07) is 0. The molecular formula is C14H23Br. The van der Waals surface area contributed by atoms with Crippen LogP contribution in [-0.4, -0.2) is 4.83 Å². The van der Waals surface area contributed by atoms with Crippen molar-refractivity contribution in [1.82, 2.24) is 0 Å². The van der Waals surface area contributed by atoms with Gasteiger partial charge in [0.2, 0.25) is 0 Å². The highest BCUT2D eigenvalue weighted by Crippen LogP contribution is 2.58. The second kappa shape index (κ2) is 3.91. The highest BCUT2D eigenvalue weighted by Gasteiger charge is 2.48. The summed E-state index contributed by atoms with van der Waals surface area (Å²) in [4.78, 5) is 0.553. The molecule has 0 nitrogen and oxygen atoms in total. The van der Waals surface area contributed by atoms with Crippen LogP contribution in [0.2, 0.25) is 0 Å². The molecule has 0 aromatic rings. The lowest BCUT2D eigenvalue weighted by Crippen LogP contribution is -2.38. The smallest absolute Gasteiger partial charge is 0.0388 e. The van der Waals surface area contributed by atoms with Crippen molar-refractivity contribution in [3.63, 3.8) is 0 Å². The highest BCUT2D eigenvalue weighted by molar-refractivity contribution is 9.09. The minimum atomic E-state index is 0.444. The van der Waals surface area contributed by atoms with Gasteiger partial charge < -0.3 is 0 Å². The van der Waals surface area contributed by atoms with Gasteiger partial charge in [0.1, 0.15) is 0 Å². The zero-order valence-electron chi connectivity index (χ0n) is 10.2. The molecule has 0 aromatic heterocycles. The summed E-state index contributed by atoms with van der Waals surface area (Å²) in [6.07, 6.45) is 5.60. The molecule has 0 radical (unpaired) electrons. The third-order valence-electron chi connectivity index (χ3n) is 4.77. The third kappa shape index (κ3) is 1.92. The molecular weight excluding hydrogens is 248 g/mol. The van der Waals surface area contributed by atoms with E-state index in [0.717, 1.165) is 17.8 Å². The molecule has 0 aliphatic heterocycles. The quantitative estimate of drug-likeness (QED) is 0.500. The molecule has 2 rings (SSSR count). The van der Waals surface area contributed by atoms with Crippen LogP contribution in [0, 0.1) is 23.2 Å². The zero-order valence-corrected chi connectivity index (χ0v) is 11.8. The van der Waals surface area contributed by atoms with Gasteiger partial charge in [-0.05, 0) is 48.9 Å². The summed E-state index contributed by atoms with van der Waals surface area (Å²) in [7, 11) is 0. The summed E-state index contributed by atoms with van der Waals surface area (Å²) >= 11 is 3.89. The van der Waals surface area contributed by atoms with Crippen LogP contribution in [0.4, 0.5) is 0 Å². The van der Waals surface area contributed by atoms with E-state index < -0.39 is 0 Å². The first kappa shape index (κ1) is 11.7. The Bertz CT molecular complexity index is 265. The van der Waals surface area contributed by atoms with Crippen molar-refractivity contribution in [1.29, 1.82) is 0 Å². The first-order valence-corrected chi connectivity index (χ1v) is 7.21. The Kier molecular flexibility index (Phi) is 3.05. The number of rotatable bonds is 2. The number of hydrogen-bond donors (Lipinski definition) is 0. The lowest BCUT2D eigenvalue weighted by molar-refractivity contribution is 0.198. The Balaban J connectivity index is 2.14. The Labute approximate surface area is 103 Å². The lowest BCUT2D eigenvalue weighted by atomic mass is 9.64. The van der Waals surface area contributed by atoms with Crippen LogP contribution in [0.25, 0.3) is 0 Å². The van der Waals surface area contributed by atoms with Crippen molar-refractivity contribution in [3.8, 4) is 0 Å². The average molecular weight is 271 g/mol. The Hall–Kier alpha value is 0.220. The lowest BCUT2D eigenvalue weighted by Gasteiger charge is -2.44. The molecule has 2 aliphatic rings. The maximum Gasteiger partial charge on any atom is 0.0388 e. The van der Waals surface area contributed by atoms with Crippen LogP contribution in [0.1, 0.15) is 46.5 Å². The van der Waals surface area contributed by atoms with Gasteiger partial charge in [-0.3, -0.25) is 0 Å². The Morgan fingerprint density at radius 1 is 1.33 bits per heavy atom. The first-order chi connectivity index (χ1) is 6.97. The monoisotopic (exact) mass is 270 g/mol. The van der Waals surface area contributed by atoms with Gasteiger partial charge in [0.15, 0.2) is 0 Å². The van der Waals surface area contributed by atoms with Crippen LogP contribution in [0.15, 0.2) is 12.2 Å². The number of allylic oxidation sites excluding steroid dienone is 1. The van der Waals surface area contributed by atoms with Crippen LogP contribution >= 0.6 is 15.9 Å². The number of hydrogen-bond acceptors (Lipinski definition) is 0. The van der Waals surface area contributed by atoms with Crippen molar-refractivity contribution >= 4 is 15.9 Å². The molecule has 2 aliphatic carbocycles. The molecule has 15 heavy (non-hydrogen) atoms. The minimum absolute atomic E-state index is 0.444. The molecule has 0 saturated heterocycles. The van der Waals surface area contributed by atoms with Crippen molar-refractivity contribution in [3.05, 3.63) is 12.2 Å². The Morgan fingerprint density at radius 2 is 1.93 bits per heavy atom. The van der Waals surface area contributed by atoms with E-state index in [1.54, 1.807) is 0 Å². The molecule has 0 aromatic carbocycles. The first-order valence-electron chi connectivity index (χ1n) is 6.30. The van der Waals surface area contributed by atoms with Gasteiger partial charge in [0.05, 0.1) is 0 Å². The van der Waals surface area contributed by atoms with Gasteiger partial charge in [0.25, 0.3) is 0 Å². The fourth-order valence-electron chi connectivity index (χ4n) is 3.20. The molecule has 2 saturated carbocycles. The third-order valence-corrected chi connectivity index (χ3v) is 6.01. The summed E-state index contributed by atoms with van der Waals surface area (Å²) in [5.74, 6) is 2.51. The van der Waals surface area contributed by atoms with Gasteiger partial charge in [-0.2, -0.15) is 0 Å². The summed E-state index contributed by atoms with van der Waals surface area (Å²) in [6.45, 7) is 11.5. The number of halogens is 1. The molecule has 0 bridgehead atoms. The van der Waals surface area contributed by atoms with Crippen LogP contribution in [0.3, 0.4) is 0 Å². The molecule has 0 spiro atoms. The van der Waals surface area contributed by atoms with Gasteiger partial charge in [-0.25, -0.2) is 0 Å². The van der Waals surface area contributed by atoms with Crippen molar-refractivity contribution in [2.45, 2.75) is 51.3 Å². The molecule has 0 N–H and O–H groups in total. The fraction of sp³-hybridized carbons (Fsp3) is 0.857.